The highest BCUT2D eigenvalue weighted by atomic mass is 32.1. The van der Waals surface area contributed by atoms with Crippen LogP contribution >= 0.6 is 11.3 Å². The molecule has 6 nitrogen and oxygen atoms in total. The number of anilines is 1. The summed E-state index contributed by atoms with van der Waals surface area (Å²) >= 11 is 1.22. The summed E-state index contributed by atoms with van der Waals surface area (Å²) in [5.41, 5.74) is 2.14. The van der Waals surface area contributed by atoms with Crippen LogP contribution in [0.3, 0.4) is 0 Å². The first kappa shape index (κ1) is 19.2. The van der Waals surface area contributed by atoms with E-state index in [-0.39, 0.29) is 11.5 Å². The number of carbonyl (C=O) groups excluding carboxylic acids is 2. The Morgan fingerprint density at radius 2 is 1.86 bits per heavy atom. The summed E-state index contributed by atoms with van der Waals surface area (Å²) in [6, 6.07) is 14.6. The second-order valence-electron chi connectivity index (χ2n) is 5.70. The van der Waals surface area contributed by atoms with Crippen molar-refractivity contribution in [2.75, 3.05) is 11.9 Å². The molecule has 8 heteroatoms. The molecular formula is C20H14FN3O3S. The molecule has 3 rings (SSSR count). The van der Waals surface area contributed by atoms with Gasteiger partial charge in [0.15, 0.2) is 12.3 Å². The van der Waals surface area contributed by atoms with E-state index in [1.165, 1.54) is 28.8 Å². The van der Waals surface area contributed by atoms with E-state index in [1.807, 2.05) is 6.07 Å². The number of hydrogen-bond acceptors (Lipinski definition) is 6. The lowest BCUT2D eigenvalue weighted by atomic mass is 10.1. The Labute approximate surface area is 164 Å². The van der Waals surface area contributed by atoms with Gasteiger partial charge in [-0.3, -0.25) is 4.79 Å². The molecule has 0 aliphatic rings. The van der Waals surface area contributed by atoms with Crippen LogP contribution in [0.15, 0.2) is 53.9 Å². The molecule has 140 valence electrons. The predicted molar refractivity (Wildman–Crippen MR) is 102 cm³/mol. The fraction of sp³-hybridized carbons (Fsp3) is 0.100. The zero-order valence-electron chi connectivity index (χ0n) is 14.5. The van der Waals surface area contributed by atoms with E-state index in [1.54, 1.807) is 36.4 Å². The van der Waals surface area contributed by atoms with E-state index < -0.39 is 18.5 Å². The molecule has 0 saturated heterocycles. The minimum absolute atomic E-state index is 0.0815. The maximum absolute atomic E-state index is 13.0. The normalized spacial score (nSPS) is 10.1. The number of aromatic nitrogens is 1. The van der Waals surface area contributed by atoms with E-state index in [0.717, 1.165) is 5.56 Å². The molecule has 1 aromatic heterocycles. The number of carbonyl (C=O) groups is 2. The van der Waals surface area contributed by atoms with Gasteiger partial charge in [-0.1, -0.05) is 12.1 Å². The van der Waals surface area contributed by atoms with Crippen molar-refractivity contribution in [2.24, 2.45) is 0 Å². The van der Waals surface area contributed by atoms with Gasteiger partial charge in [0.1, 0.15) is 10.8 Å². The first-order valence-electron chi connectivity index (χ1n) is 8.19. The lowest BCUT2D eigenvalue weighted by Gasteiger charge is -2.06. The molecule has 0 fully saturated rings. The molecule has 0 bridgehead atoms. The van der Waals surface area contributed by atoms with Crippen molar-refractivity contribution in [3.8, 4) is 16.6 Å². The minimum Gasteiger partial charge on any atom is -0.451 e. The lowest BCUT2D eigenvalue weighted by molar-refractivity contribution is -0.119. The van der Waals surface area contributed by atoms with Crippen LogP contribution < -0.4 is 5.32 Å². The molecule has 0 atom stereocenters. The van der Waals surface area contributed by atoms with Gasteiger partial charge >= 0.3 is 5.97 Å². The van der Waals surface area contributed by atoms with Gasteiger partial charge in [-0.25, -0.2) is 14.2 Å². The monoisotopic (exact) mass is 395 g/mol. The average molecular weight is 395 g/mol. The topological polar surface area (TPSA) is 92.1 Å². The van der Waals surface area contributed by atoms with E-state index >= 15 is 0 Å². The number of rotatable bonds is 6. The van der Waals surface area contributed by atoms with Crippen LogP contribution in [0.5, 0.6) is 0 Å². The maximum atomic E-state index is 13.0. The van der Waals surface area contributed by atoms with Crippen LogP contribution in [0.4, 0.5) is 10.1 Å². The summed E-state index contributed by atoms with van der Waals surface area (Å²) in [4.78, 5) is 28.2. The zero-order valence-corrected chi connectivity index (χ0v) is 15.3. The molecule has 1 N–H and O–H groups in total. The number of benzene rings is 2. The van der Waals surface area contributed by atoms with Crippen LogP contribution in [0, 0.1) is 17.1 Å². The van der Waals surface area contributed by atoms with E-state index in [4.69, 9.17) is 10.00 Å². The van der Waals surface area contributed by atoms with Gasteiger partial charge in [-0.05, 0) is 42.0 Å². The third kappa shape index (κ3) is 4.99. The Kier molecular flexibility index (Phi) is 6.09. The van der Waals surface area contributed by atoms with Crippen molar-refractivity contribution in [2.45, 2.75) is 6.42 Å². The Balaban J connectivity index is 1.53. The zero-order chi connectivity index (χ0) is 19.9. The number of ether oxygens (including phenoxy) is 1. The Morgan fingerprint density at radius 3 is 2.54 bits per heavy atom. The third-order valence-corrected chi connectivity index (χ3v) is 4.55. The van der Waals surface area contributed by atoms with Crippen molar-refractivity contribution < 1.29 is 18.7 Å². The van der Waals surface area contributed by atoms with Crippen LogP contribution in [0.2, 0.25) is 0 Å². The number of thiazole rings is 1. The van der Waals surface area contributed by atoms with Crippen LogP contribution in [0.1, 0.15) is 16.1 Å². The summed E-state index contributed by atoms with van der Waals surface area (Å²) < 4.78 is 18.0. The van der Waals surface area contributed by atoms with E-state index in [9.17, 15) is 14.0 Å². The van der Waals surface area contributed by atoms with Gasteiger partial charge in [0.05, 0.1) is 12.5 Å². The number of nitrogens with zero attached hydrogens (tertiary/aromatic N) is 2. The lowest BCUT2D eigenvalue weighted by Crippen LogP contribution is -2.21. The van der Waals surface area contributed by atoms with Crippen molar-refractivity contribution >= 4 is 28.9 Å². The second kappa shape index (κ2) is 8.88. The Bertz CT molecular complexity index is 1020. The van der Waals surface area contributed by atoms with Gasteiger partial charge < -0.3 is 10.1 Å². The van der Waals surface area contributed by atoms with E-state index in [2.05, 4.69) is 10.3 Å². The quantitative estimate of drug-likeness (QED) is 0.641. The summed E-state index contributed by atoms with van der Waals surface area (Å²) in [7, 11) is 0. The number of nitriles is 1. The summed E-state index contributed by atoms with van der Waals surface area (Å²) in [5, 5.41) is 13.3. The Morgan fingerprint density at radius 1 is 1.14 bits per heavy atom. The molecule has 1 heterocycles. The molecule has 2 aromatic carbocycles. The number of halogens is 1. The van der Waals surface area contributed by atoms with Gasteiger partial charge in [0, 0.05) is 16.6 Å². The van der Waals surface area contributed by atoms with Crippen LogP contribution in [-0.2, 0) is 16.0 Å². The highest BCUT2D eigenvalue weighted by Crippen LogP contribution is 2.24. The van der Waals surface area contributed by atoms with Crippen molar-refractivity contribution in [3.05, 3.63) is 71.0 Å². The second-order valence-corrected chi connectivity index (χ2v) is 6.56. The number of nitrogens with one attached hydrogen (secondary N) is 1. The molecule has 0 unspecified atom stereocenters. The molecule has 0 radical (unpaired) electrons. The van der Waals surface area contributed by atoms with Gasteiger partial charge in [-0.15, -0.1) is 11.3 Å². The van der Waals surface area contributed by atoms with Crippen LogP contribution in [-0.4, -0.2) is 23.5 Å². The van der Waals surface area contributed by atoms with Gasteiger partial charge in [0.25, 0.3) is 5.91 Å². The number of esters is 1. The molecule has 0 aliphatic heterocycles. The van der Waals surface area contributed by atoms with Crippen molar-refractivity contribution in [1.82, 2.24) is 4.98 Å². The standard InChI is InChI=1S/C20H14FN3O3S/c21-15-5-3-14(4-6-15)19-24-17(12-28-19)20(26)27-11-18(25)23-16-7-1-13(2-8-16)9-10-22/h1-8,12H,9,11H2,(H,23,25). The van der Waals surface area contributed by atoms with Crippen molar-refractivity contribution in [3.63, 3.8) is 0 Å². The molecule has 1 amide bonds. The van der Waals surface area contributed by atoms with Gasteiger partial charge in [0.2, 0.25) is 0 Å². The largest absolute Gasteiger partial charge is 0.451 e. The molecule has 28 heavy (non-hydrogen) atoms. The van der Waals surface area contributed by atoms with Gasteiger partial charge in [-0.2, -0.15) is 5.26 Å². The molecule has 0 saturated carbocycles. The fourth-order valence-corrected chi connectivity index (χ4v) is 3.09. The molecule has 3 aromatic rings. The minimum atomic E-state index is -0.718. The SMILES string of the molecule is N#CCc1ccc(NC(=O)COC(=O)c2csc(-c3ccc(F)cc3)n2)cc1. The molecule has 0 spiro atoms. The summed E-state index contributed by atoms with van der Waals surface area (Å²) in [6.45, 7) is -0.456. The summed E-state index contributed by atoms with van der Waals surface area (Å²) in [5.74, 6) is -1.56. The average Bonchev–Trinajstić information content (AvgIpc) is 3.19. The highest BCUT2D eigenvalue weighted by molar-refractivity contribution is 7.13. The van der Waals surface area contributed by atoms with E-state index in [0.29, 0.717) is 22.7 Å². The highest BCUT2D eigenvalue weighted by Gasteiger charge is 2.15. The first-order chi connectivity index (χ1) is 13.5. The fourth-order valence-electron chi connectivity index (χ4n) is 2.29. The number of hydrogen-bond donors (Lipinski definition) is 1. The third-order valence-electron chi connectivity index (χ3n) is 3.66. The molecular weight excluding hydrogens is 381 g/mol. The van der Waals surface area contributed by atoms with Crippen LogP contribution in [0.25, 0.3) is 10.6 Å². The predicted octanol–water partition coefficient (Wildman–Crippen LogP) is 3.81. The first-order valence-corrected chi connectivity index (χ1v) is 9.07. The smallest absolute Gasteiger partial charge is 0.358 e. The molecule has 0 aliphatic carbocycles. The van der Waals surface area contributed by atoms with Crippen molar-refractivity contribution in [1.29, 1.82) is 5.26 Å². The Hall–Kier alpha value is -3.57. The summed E-state index contributed by atoms with van der Waals surface area (Å²) in [6.07, 6.45) is 0.291. The number of amides is 1. The maximum Gasteiger partial charge on any atom is 0.358 e.